The zero-order valence-electron chi connectivity index (χ0n) is 13.4. The standard InChI is InChI=1S/C17H20N2O3S/c1-19(2)15-8-6-14(7-9-15)18-17(20)12-13-4-10-16(11-5-13)23(3,21)22/h4-11H,12H2,1-3H3,(H,18,20). The summed E-state index contributed by atoms with van der Waals surface area (Å²) >= 11 is 0. The second-order valence-corrected chi connectivity index (χ2v) is 7.60. The Morgan fingerprint density at radius 1 is 1.00 bits per heavy atom. The van der Waals surface area contributed by atoms with Gasteiger partial charge in [-0.3, -0.25) is 4.79 Å². The Hall–Kier alpha value is -2.34. The van der Waals surface area contributed by atoms with Gasteiger partial charge in [-0.25, -0.2) is 8.42 Å². The van der Waals surface area contributed by atoms with E-state index in [9.17, 15) is 13.2 Å². The molecule has 0 heterocycles. The van der Waals surface area contributed by atoms with Crippen LogP contribution in [0.1, 0.15) is 5.56 Å². The number of carbonyl (C=O) groups is 1. The molecule has 6 heteroatoms. The number of nitrogens with zero attached hydrogens (tertiary/aromatic N) is 1. The first kappa shape index (κ1) is 17.0. The van der Waals surface area contributed by atoms with E-state index in [0.717, 1.165) is 23.2 Å². The molecule has 23 heavy (non-hydrogen) atoms. The van der Waals surface area contributed by atoms with E-state index in [4.69, 9.17) is 0 Å². The Labute approximate surface area is 136 Å². The third-order valence-electron chi connectivity index (χ3n) is 3.38. The first-order valence-corrected chi connectivity index (χ1v) is 9.01. The molecule has 0 aliphatic carbocycles. The van der Waals surface area contributed by atoms with Crippen LogP contribution in [0.25, 0.3) is 0 Å². The maximum Gasteiger partial charge on any atom is 0.228 e. The number of nitrogens with one attached hydrogen (secondary N) is 1. The predicted molar refractivity (Wildman–Crippen MR) is 92.7 cm³/mol. The summed E-state index contributed by atoms with van der Waals surface area (Å²) in [5.41, 5.74) is 2.55. The minimum Gasteiger partial charge on any atom is -0.378 e. The first-order valence-electron chi connectivity index (χ1n) is 7.12. The summed E-state index contributed by atoms with van der Waals surface area (Å²) in [5, 5.41) is 2.83. The highest BCUT2D eigenvalue weighted by Crippen LogP contribution is 2.16. The van der Waals surface area contributed by atoms with Gasteiger partial charge in [-0.2, -0.15) is 0 Å². The molecule has 122 valence electrons. The molecule has 0 atom stereocenters. The van der Waals surface area contributed by atoms with Crippen LogP contribution in [0.2, 0.25) is 0 Å². The van der Waals surface area contributed by atoms with Gasteiger partial charge in [0.05, 0.1) is 11.3 Å². The van der Waals surface area contributed by atoms with E-state index in [1.54, 1.807) is 12.1 Å². The Kier molecular flexibility index (Phi) is 5.05. The summed E-state index contributed by atoms with van der Waals surface area (Å²) in [6.07, 6.45) is 1.35. The van der Waals surface area contributed by atoms with Crippen molar-refractivity contribution in [2.45, 2.75) is 11.3 Å². The third-order valence-corrected chi connectivity index (χ3v) is 4.51. The smallest absolute Gasteiger partial charge is 0.228 e. The Balaban J connectivity index is 1.99. The molecule has 0 radical (unpaired) electrons. The largest absolute Gasteiger partial charge is 0.378 e. The average Bonchev–Trinajstić information content (AvgIpc) is 2.47. The van der Waals surface area contributed by atoms with Crippen LogP contribution in [0.4, 0.5) is 11.4 Å². The fourth-order valence-electron chi connectivity index (χ4n) is 2.09. The Morgan fingerprint density at radius 2 is 1.57 bits per heavy atom. The van der Waals surface area contributed by atoms with Crippen LogP contribution in [0, 0.1) is 0 Å². The number of anilines is 2. The average molecular weight is 332 g/mol. The lowest BCUT2D eigenvalue weighted by molar-refractivity contribution is -0.115. The molecular weight excluding hydrogens is 312 g/mol. The van der Waals surface area contributed by atoms with Gasteiger partial charge >= 0.3 is 0 Å². The topological polar surface area (TPSA) is 66.5 Å². The van der Waals surface area contributed by atoms with Crippen LogP contribution in [-0.2, 0) is 21.1 Å². The second kappa shape index (κ2) is 6.83. The minimum atomic E-state index is -3.21. The third kappa shape index (κ3) is 4.82. The van der Waals surface area contributed by atoms with E-state index >= 15 is 0 Å². The zero-order chi connectivity index (χ0) is 17.0. The number of rotatable bonds is 5. The fourth-order valence-corrected chi connectivity index (χ4v) is 2.72. The molecule has 2 rings (SSSR count). The molecule has 0 saturated heterocycles. The Bertz CT molecular complexity index is 780. The summed E-state index contributed by atoms with van der Waals surface area (Å²) in [6.45, 7) is 0. The molecule has 1 amide bonds. The molecule has 1 N–H and O–H groups in total. The number of carbonyl (C=O) groups excluding carboxylic acids is 1. The number of sulfone groups is 1. The molecule has 0 aromatic heterocycles. The van der Waals surface area contributed by atoms with E-state index < -0.39 is 9.84 Å². The minimum absolute atomic E-state index is 0.144. The number of amides is 1. The molecule has 2 aromatic carbocycles. The summed E-state index contributed by atoms with van der Waals surface area (Å²) in [7, 11) is 0.692. The fraction of sp³-hybridized carbons (Fsp3) is 0.235. The lowest BCUT2D eigenvalue weighted by Gasteiger charge is -2.13. The summed E-state index contributed by atoms with van der Waals surface area (Å²) in [5.74, 6) is -0.144. The van der Waals surface area contributed by atoms with Gasteiger partial charge in [-0.15, -0.1) is 0 Å². The predicted octanol–water partition coefficient (Wildman–Crippen LogP) is 2.34. The highest BCUT2D eigenvalue weighted by atomic mass is 32.2. The van der Waals surface area contributed by atoms with E-state index in [-0.39, 0.29) is 17.2 Å². The number of benzene rings is 2. The SMILES string of the molecule is CN(C)c1ccc(NC(=O)Cc2ccc(S(C)(=O)=O)cc2)cc1. The molecule has 0 aliphatic heterocycles. The van der Waals surface area contributed by atoms with Crippen molar-refractivity contribution in [1.29, 1.82) is 0 Å². The molecule has 0 aliphatic rings. The zero-order valence-corrected chi connectivity index (χ0v) is 14.2. The van der Waals surface area contributed by atoms with Crippen LogP contribution < -0.4 is 10.2 Å². The molecule has 0 bridgehead atoms. The monoisotopic (exact) mass is 332 g/mol. The highest BCUT2D eigenvalue weighted by Gasteiger charge is 2.08. The van der Waals surface area contributed by atoms with Gasteiger partial charge in [0.1, 0.15) is 0 Å². The van der Waals surface area contributed by atoms with Gasteiger partial charge in [0.25, 0.3) is 0 Å². The lowest BCUT2D eigenvalue weighted by Crippen LogP contribution is -2.14. The molecule has 0 unspecified atom stereocenters. The molecule has 2 aromatic rings. The summed E-state index contributed by atoms with van der Waals surface area (Å²) in [6, 6.07) is 13.9. The van der Waals surface area contributed by atoms with Crippen molar-refractivity contribution < 1.29 is 13.2 Å². The lowest BCUT2D eigenvalue weighted by atomic mass is 10.1. The van der Waals surface area contributed by atoms with Crippen LogP contribution >= 0.6 is 0 Å². The molecule has 0 fully saturated rings. The van der Waals surface area contributed by atoms with Gasteiger partial charge in [0.2, 0.25) is 5.91 Å². The highest BCUT2D eigenvalue weighted by molar-refractivity contribution is 7.90. The van der Waals surface area contributed by atoms with E-state index in [0.29, 0.717) is 0 Å². The van der Waals surface area contributed by atoms with Crippen molar-refractivity contribution in [3.63, 3.8) is 0 Å². The summed E-state index contributed by atoms with van der Waals surface area (Å²) in [4.78, 5) is 14.3. The van der Waals surface area contributed by atoms with Crippen LogP contribution in [0.5, 0.6) is 0 Å². The van der Waals surface area contributed by atoms with E-state index in [1.165, 1.54) is 12.1 Å². The maximum absolute atomic E-state index is 12.0. The van der Waals surface area contributed by atoms with E-state index in [1.807, 2.05) is 43.3 Å². The van der Waals surface area contributed by atoms with Gasteiger partial charge in [0.15, 0.2) is 9.84 Å². The number of hydrogen-bond donors (Lipinski definition) is 1. The van der Waals surface area contributed by atoms with Crippen LogP contribution in [0.15, 0.2) is 53.4 Å². The second-order valence-electron chi connectivity index (χ2n) is 5.58. The van der Waals surface area contributed by atoms with Crippen molar-refractivity contribution in [3.8, 4) is 0 Å². The van der Waals surface area contributed by atoms with Gasteiger partial charge in [-0.05, 0) is 42.0 Å². The molecule has 0 saturated carbocycles. The normalized spacial score (nSPS) is 11.1. The van der Waals surface area contributed by atoms with Crippen molar-refractivity contribution in [3.05, 3.63) is 54.1 Å². The molecule has 0 spiro atoms. The van der Waals surface area contributed by atoms with Gasteiger partial charge < -0.3 is 10.2 Å². The Morgan fingerprint density at radius 3 is 2.04 bits per heavy atom. The van der Waals surface area contributed by atoms with Crippen LogP contribution in [0.3, 0.4) is 0 Å². The van der Waals surface area contributed by atoms with Crippen molar-refractivity contribution in [1.82, 2.24) is 0 Å². The van der Waals surface area contributed by atoms with Crippen molar-refractivity contribution in [2.75, 3.05) is 30.6 Å². The van der Waals surface area contributed by atoms with Gasteiger partial charge in [-0.1, -0.05) is 12.1 Å². The molecule has 5 nitrogen and oxygen atoms in total. The van der Waals surface area contributed by atoms with Crippen LogP contribution in [-0.4, -0.2) is 34.7 Å². The van der Waals surface area contributed by atoms with E-state index in [2.05, 4.69) is 5.32 Å². The maximum atomic E-state index is 12.0. The molecular formula is C17H20N2O3S. The quantitative estimate of drug-likeness (QED) is 0.913. The van der Waals surface area contributed by atoms with Gasteiger partial charge in [0, 0.05) is 31.7 Å². The number of hydrogen-bond acceptors (Lipinski definition) is 4. The first-order chi connectivity index (χ1) is 10.8. The van der Waals surface area contributed by atoms with Crippen molar-refractivity contribution in [2.24, 2.45) is 0 Å². The summed E-state index contributed by atoms with van der Waals surface area (Å²) < 4.78 is 22.8. The van der Waals surface area contributed by atoms with Crippen molar-refractivity contribution >= 4 is 27.1 Å².